The molecule has 21 heavy (non-hydrogen) atoms. The van der Waals surface area contributed by atoms with Gasteiger partial charge in [-0.25, -0.2) is 0 Å². The highest BCUT2D eigenvalue weighted by Crippen LogP contribution is 2.71. The molecule has 0 aromatic rings. The normalized spacial score (nSPS) is 38.9. The monoisotopic (exact) mass is 292 g/mol. The van der Waals surface area contributed by atoms with Gasteiger partial charge in [0.05, 0.1) is 14.2 Å². The van der Waals surface area contributed by atoms with Gasteiger partial charge in [-0.05, 0) is 42.4 Å². The van der Waals surface area contributed by atoms with E-state index in [-0.39, 0.29) is 11.3 Å². The number of ether oxygens (including phenoxy) is 2. The van der Waals surface area contributed by atoms with Crippen LogP contribution in [0, 0.1) is 28.6 Å². The van der Waals surface area contributed by atoms with Crippen LogP contribution in [0.1, 0.15) is 39.5 Å². The summed E-state index contributed by atoms with van der Waals surface area (Å²) < 4.78 is 9.99. The average Bonchev–Trinajstić information content (AvgIpc) is 2.88. The van der Waals surface area contributed by atoms with Crippen LogP contribution in [0.5, 0.6) is 0 Å². The van der Waals surface area contributed by atoms with Gasteiger partial charge in [0.25, 0.3) is 0 Å². The van der Waals surface area contributed by atoms with E-state index in [1.807, 2.05) is 6.08 Å². The number of carbonyl (C=O) groups is 2. The Balaban J connectivity index is 2.12. The Morgan fingerprint density at radius 2 is 1.76 bits per heavy atom. The molecule has 3 rings (SSSR count). The van der Waals surface area contributed by atoms with Crippen LogP contribution in [0.25, 0.3) is 0 Å². The Hall–Kier alpha value is -1.32. The molecule has 116 valence electrons. The largest absolute Gasteiger partial charge is 0.468 e. The Morgan fingerprint density at radius 1 is 1.19 bits per heavy atom. The van der Waals surface area contributed by atoms with E-state index in [1.165, 1.54) is 26.2 Å². The summed E-state index contributed by atoms with van der Waals surface area (Å²) in [5.41, 5.74) is 0.206. The summed E-state index contributed by atoms with van der Waals surface area (Å²) in [5, 5.41) is 0. The van der Waals surface area contributed by atoms with Gasteiger partial charge in [-0.2, -0.15) is 0 Å². The number of rotatable bonds is 3. The molecule has 0 N–H and O–H groups in total. The van der Waals surface area contributed by atoms with Crippen LogP contribution in [-0.2, 0) is 19.1 Å². The summed E-state index contributed by atoms with van der Waals surface area (Å²) in [4.78, 5) is 25.0. The van der Waals surface area contributed by atoms with Gasteiger partial charge < -0.3 is 9.47 Å². The zero-order valence-electron chi connectivity index (χ0n) is 13.3. The van der Waals surface area contributed by atoms with E-state index in [2.05, 4.69) is 13.8 Å². The highest BCUT2D eigenvalue weighted by Gasteiger charge is 2.70. The number of hydrogen-bond acceptors (Lipinski definition) is 4. The minimum Gasteiger partial charge on any atom is -0.468 e. The van der Waals surface area contributed by atoms with Crippen molar-refractivity contribution in [1.82, 2.24) is 0 Å². The van der Waals surface area contributed by atoms with E-state index in [1.54, 1.807) is 0 Å². The lowest BCUT2D eigenvalue weighted by Gasteiger charge is -2.59. The quantitative estimate of drug-likeness (QED) is 0.456. The average molecular weight is 292 g/mol. The molecule has 1 unspecified atom stereocenters. The Kier molecular flexibility index (Phi) is 3.19. The maximum atomic E-state index is 12.5. The third-order valence-corrected chi connectivity index (χ3v) is 6.48. The standard InChI is InChI=1S/C17H24O4/c1-5-16(2)10-7-6-8-11-13(10)12(16)9-17(11,14(18)20-3)15(19)21-4/h9-11,13H,5-8H2,1-4H3/t10-,11+,13-,16?/m0/s1. The minimum absolute atomic E-state index is 0.0192. The second-order valence-corrected chi connectivity index (χ2v) is 6.89. The van der Waals surface area contributed by atoms with Gasteiger partial charge in [-0.15, -0.1) is 0 Å². The van der Waals surface area contributed by atoms with Crippen molar-refractivity contribution in [2.75, 3.05) is 14.2 Å². The molecule has 4 heteroatoms. The summed E-state index contributed by atoms with van der Waals surface area (Å²) in [6.07, 6.45) is 6.11. The van der Waals surface area contributed by atoms with Crippen molar-refractivity contribution in [2.45, 2.75) is 39.5 Å². The Labute approximate surface area is 125 Å². The number of hydrogen-bond donors (Lipinski definition) is 0. The van der Waals surface area contributed by atoms with Gasteiger partial charge in [-0.3, -0.25) is 9.59 Å². The van der Waals surface area contributed by atoms with Crippen molar-refractivity contribution in [3.05, 3.63) is 11.6 Å². The summed E-state index contributed by atoms with van der Waals surface area (Å²) in [6.45, 7) is 4.46. The highest BCUT2D eigenvalue weighted by molar-refractivity contribution is 6.04. The first-order chi connectivity index (χ1) is 9.97. The van der Waals surface area contributed by atoms with Gasteiger partial charge in [0.15, 0.2) is 5.41 Å². The number of allylic oxidation sites excluding steroid dienone is 1. The molecule has 0 aromatic heterocycles. The molecule has 4 nitrogen and oxygen atoms in total. The molecule has 2 saturated carbocycles. The van der Waals surface area contributed by atoms with E-state index in [0.29, 0.717) is 11.8 Å². The topological polar surface area (TPSA) is 52.6 Å². The maximum absolute atomic E-state index is 12.5. The fourth-order valence-corrected chi connectivity index (χ4v) is 5.28. The lowest BCUT2D eigenvalue weighted by atomic mass is 9.45. The van der Waals surface area contributed by atoms with Gasteiger partial charge >= 0.3 is 11.9 Å². The zero-order chi connectivity index (χ0) is 15.4. The zero-order valence-corrected chi connectivity index (χ0v) is 13.3. The second kappa shape index (κ2) is 4.59. The van der Waals surface area contributed by atoms with Crippen LogP contribution in [0.15, 0.2) is 11.6 Å². The van der Waals surface area contributed by atoms with Crippen molar-refractivity contribution in [3.63, 3.8) is 0 Å². The van der Waals surface area contributed by atoms with Crippen LogP contribution < -0.4 is 0 Å². The first-order valence-corrected chi connectivity index (χ1v) is 7.87. The predicted molar refractivity (Wildman–Crippen MR) is 77.3 cm³/mol. The Bertz CT molecular complexity index is 505. The van der Waals surface area contributed by atoms with Crippen LogP contribution in [0.4, 0.5) is 0 Å². The molecule has 0 saturated heterocycles. The number of esters is 2. The summed E-state index contributed by atoms with van der Waals surface area (Å²) in [5.74, 6) is 0.0528. The fraction of sp³-hybridized carbons (Fsp3) is 0.765. The van der Waals surface area contributed by atoms with Gasteiger partial charge in [0.1, 0.15) is 0 Å². The molecule has 0 aliphatic heterocycles. The van der Waals surface area contributed by atoms with E-state index < -0.39 is 17.4 Å². The van der Waals surface area contributed by atoms with Crippen molar-refractivity contribution in [3.8, 4) is 0 Å². The fourth-order valence-electron chi connectivity index (χ4n) is 5.28. The van der Waals surface area contributed by atoms with E-state index in [4.69, 9.17) is 9.47 Å². The molecular formula is C17H24O4. The molecule has 3 aliphatic rings. The van der Waals surface area contributed by atoms with Crippen molar-refractivity contribution >= 4 is 11.9 Å². The molecule has 3 aliphatic carbocycles. The van der Waals surface area contributed by atoms with Crippen LogP contribution in [0.2, 0.25) is 0 Å². The van der Waals surface area contributed by atoms with Gasteiger partial charge in [0.2, 0.25) is 0 Å². The Morgan fingerprint density at radius 3 is 2.29 bits per heavy atom. The number of carbonyl (C=O) groups excluding carboxylic acids is 2. The SMILES string of the molecule is CCC1(C)C2=CC(C(=O)OC)(C(=O)OC)[C@@H]3CCC[C@H]1[C@H]23. The van der Waals surface area contributed by atoms with Crippen molar-refractivity contribution < 1.29 is 19.1 Å². The van der Waals surface area contributed by atoms with E-state index >= 15 is 0 Å². The van der Waals surface area contributed by atoms with Gasteiger partial charge in [0, 0.05) is 0 Å². The molecule has 0 aromatic carbocycles. The van der Waals surface area contributed by atoms with Crippen molar-refractivity contribution in [2.24, 2.45) is 28.6 Å². The lowest BCUT2D eigenvalue weighted by Crippen LogP contribution is -2.54. The van der Waals surface area contributed by atoms with Crippen LogP contribution in [-0.4, -0.2) is 26.2 Å². The van der Waals surface area contributed by atoms with Crippen LogP contribution in [0.3, 0.4) is 0 Å². The molecule has 0 radical (unpaired) electrons. The number of methoxy groups -OCH3 is 2. The summed E-state index contributed by atoms with van der Waals surface area (Å²) in [6, 6.07) is 0. The third-order valence-electron chi connectivity index (χ3n) is 6.48. The van der Waals surface area contributed by atoms with Crippen molar-refractivity contribution in [1.29, 1.82) is 0 Å². The summed E-state index contributed by atoms with van der Waals surface area (Å²) >= 11 is 0. The molecule has 0 bridgehead atoms. The second-order valence-electron chi connectivity index (χ2n) is 6.89. The van der Waals surface area contributed by atoms with Gasteiger partial charge in [-0.1, -0.05) is 31.9 Å². The maximum Gasteiger partial charge on any atom is 0.327 e. The molecule has 4 atom stereocenters. The molecule has 0 spiro atoms. The molecular weight excluding hydrogens is 268 g/mol. The minimum atomic E-state index is -1.21. The molecule has 0 amide bonds. The summed E-state index contributed by atoms with van der Waals surface area (Å²) in [7, 11) is 2.70. The van der Waals surface area contributed by atoms with E-state index in [9.17, 15) is 9.59 Å². The predicted octanol–water partition coefficient (Wildman–Crippen LogP) is 2.72. The lowest BCUT2D eigenvalue weighted by molar-refractivity contribution is -0.172. The molecule has 2 fully saturated rings. The smallest absolute Gasteiger partial charge is 0.327 e. The van der Waals surface area contributed by atoms with E-state index in [0.717, 1.165) is 19.3 Å². The molecule has 0 heterocycles. The highest BCUT2D eigenvalue weighted by atomic mass is 16.5. The first-order valence-electron chi connectivity index (χ1n) is 7.87. The first kappa shape index (κ1) is 14.6. The van der Waals surface area contributed by atoms with Crippen LogP contribution >= 0.6 is 0 Å². The third kappa shape index (κ3) is 1.51.